The summed E-state index contributed by atoms with van der Waals surface area (Å²) in [5.74, 6) is -1.15. The first-order valence-corrected chi connectivity index (χ1v) is 3.28. The van der Waals surface area contributed by atoms with Crippen LogP contribution in [0.2, 0.25) is 0 Å². The number of rotatable bonds is 3. The minimum absolute atomic E-state index is 0.778. The summed E-state index contributed by atoms with van der Waals surface area (Å²) in [7, 11) is 0. The summed E-state index contributed by atoms with van der Waals surface area (Å²) in [6.45, 7) is 7.07. The SMILES string of the molecule is CCN(CC)C(C)(N)O. The van der Waals surface area contributed by atoms with E-state index < -0.39 is 5.85 Å². The molecule has 0 aliphatic carbocycles. The molecule has 0 aromatic heterocycles. The highest BCUT2D eigenvalue weighted by Gasteiger charge is 2.19. The van der Waals surface area contributed by atoms with Crippen LogP contribution < -0.4 is 5.73 Å². The summed E-state index contributed by atoms with van der Waals surface area (Å²) < 4.78 is 0. The van der Waals surface area contributed by atoms with Crippen molar-refractivity contribution in [3.63, 3.8) is 0 Å². The molecule has 0 spiro atoms. The van der Waals surface area contributed by atoms with Crippen LogP contribution in [0.4, 0.5) is 0 Å². The van der Waals surface area contributed by atoms with E-state index in [0.717, 1.165) is 13.1 Å². The van der Waals surface area contributed by atoms with E-state index in [1.54, 1.807) is 11.8 Å². The predicted octanol–water partition coefficient (Wildman–Crippen LogP) is -0.0471. The summed E-state index contributed by atoms with van der Waals surface area (Å²) in [4.78, 5) is 1.77. The lowest BCUT2D eigenvalue weighted by Crippen LogP contribution is -2.53. The van der Waals surface area contributed by atoms with Crippen LogP contribution in [0.25, 0.3) is 0 Å². The zero-order valence-corrected chi connectivity index (χ0v) is 6.39. The normalized spacial score (nSPS) is 18.0. The number of hydrogen-bond donors (Lipinski definition) is 2. The monoisotopic (exact) mass is 132 g/mol. The Bertz CT molecular complexity index is 73.6. The third kappa shape index (κ3) is 2.79. The van der Waals surface area contributed by atoms with E-state index >= 15 is 0 Å². The maximum absolute atomic E-state index is 9.18. The molecular weight excluding hydrogens is 116 g/mol. The van der Waals surface area contributed by atoms with E-state index in [1.807, 2.05) is 13.8 Å². The van der Waals surface area contributed by atoms with Crippen molar-refractivity contribution >= 4 is 0 Å². The Hall–Kier alpha value is -0.120. The molecule has 3 N–H and O–H groups in total. The molecule has 0 rings (SSSR count). The lowest BCUT2D eigenvalue weighted by atomic mass is 10.4. The first-order valence-electron chi connectivity index (χ1n) is 3.28. The molecule has 9 heavy (non-hydrogen) atoms. The van der Waals surface area contributed by atoms with Gasteiger partial charge in [-0.25, -0.2) is 0 Å². The second-order valence-corrected chi connectivity index (χ2v) is 2.27. The molecular formula is C6H16N2O. The molecule has 0 aliphatic heterocycles. The van der Waals surface area contributed by atoms with Gasteiger partial charge in [-0.3, -0.25) is 10.6 Å². The average Bonchev–Trinajstić information content (AvgIpc) is 1.65. The Morgan fingerprint density at radius 3 is 1.78 bits per heavy atom. The Labute approximate surface area is 56.5 Å². The second-order valence-electron chi connectivity index (χ2n) is 2.27. The lowest BCUT2D eigenvalue weighted by Gasteiger charge is -2.31. The topological polar surface area (TPSA) is 49.5 Å². The third-order valence-electron chi connectivity index (χ3n) is 1.40. The summed E-state index contributed by atoms with van der Waals surface area (Å²) in [6.07, 6.45) is 0. The Kier molecular flexibility index (Phi) is 3.11. The van der Waals surface area contributed by atoms with Crippen molar-refractivity contribution < 1.29 is 5.11 Å². The minimum Gasteiger partial charge on any atom is -0.363 e. The zero-order valence-electron chi connectivity index (χ0n) is 6.39. The first kappa shape index (κ1) is 8.88. The fourth-order valence-electron chi connectivity index (χ4n) is 0.864. The summed E-state index contributed by atoms with van der Waals surface area (Å²) >= 11 is 0. The minimum atomic E-state index is -1.15. The number of nitrogens with two attached hydrogens (primary N) is 1. The van der Waals surface area contributed by atoms with E-state index in [2.05, 4.69) is 0 Å². The maximum Gasteiger partial charge on any atom is 0.168 e. The molecule has 0 aromatic carbocycles. The number of hydrogen-bond acceptors (Lipinski definition) is 3. The van der Waals surface area contributed by atoms with Crippen molar-refractivity contribution in [2.45, 2.75) is 26.6 Å². The molecule has 0 bridgehead atoms. The van der Waals surface area contributed by atoms with Gasteiger partial charge in [0.15, 0.2) is 5.85 Å². The van der Waals surface area contributed by atoms with Gasteiger partial charge in [-0.05, 0) is 20.0 Å². The van der Waals surface area contributed by atoms with Crippen LogP contribution in [0.3, 0.4) is 0 Å². The van der Waals surface area contributed by atoms with Crippen LogP contribution in [0, 0.1) is 0 Å². The van der Waals surface area contributed by atoms with Crippen LogP contribution in [0.5, 0.6) is 0 Å². The van der Waals surface area contributed by atoms with Gasteiger partial charge in [-0.15, -0.1) is 0 Å². The van der Waals surface area contributed by atoms with E-state index in [4.69, 9.17) is 5.73 Å². The van der Waals surface area contributed by atoms with E-state index in [1.165, 1.54) is 0 Å². The van der Waals surface area contributed by atoms with Crippen LogP contribution in [0.15, 0.2) is 0 Å². The van der Waals surface area contributed by atoms with Crippen molar-refractivity contribution in [1.82, 2.24) is 4.90 Å². The fourth-order valence-corrected chi connectivity index (χ4v) is 0.864. The molecule has 0 fully saturated rings. The van der Waals surface area contributed by atoms with Crippen LogP contribution in [-0.4, -0.2) is 28.9 Å². The third-order valence-corrected chi connectivity index (χ3v) is 1.40. The van der Waals surface area contributed by atoms with E-state index in [-0.39, 0.29) is 0 Å². The molecule has 1 atom stereocenters. The predicted molar refractivity (Wildman–Crippen MR) is 37.7 cm³/mol. The first-order chi connectivity index (χ1) is 4.02. The molecule has 0 heterocycles. The zero-order chi connectivity index (χ0) is 7.49. The quantitative estimate of drug-likeness (QED) is 0.529. The lowest BCUT2D eigenvalue weighted by molar-refractivity contribution is -0.0833. The highest BCUT2D eigenvalue weighted by molar-refractivity contribution is 4.63. The molecule has 0 saturated heterocycles. The molecule has 0 saturated carbocycles. The summed E-state index contributed by atoms with van der Waals surface area (Å²) in [5.41, 5.74) is 5.38. The summed E-state index contributed by atoms with van der Waals surface area (Å²) in [5, 5.41) is 9.18. The van der Waals surface area contributed by atoms with E-state index in [9.17, 15) is 5.11 Å². The van der Waals surface area contributed by atoms with Gasteiger partial charge in [0.1, 0.15) is 0 Å². The molecule has 56 valence electrons. The standard InChI is InChI=1S/C6H16N2O/c1-4-8(5-2)6(3,7)9/h9H,4-5,7H2,1-3H3. The fraction of sp³-hybridized carbons (Fsp3) is 1.00. The van der Waals surface area contributed by atoms with Crippen molar-refractivity contribution in [2.24, 2.45) is 5.73 Å². The summed E-state index contributed by atoms with van der Waals surface area (Å²) in [6, 6.07) is 0. The Morgan fingerprint density at radius 2 is 1.78 bits per heavy atom. The molecule has 0 aromatic rings. The number of aliphatic hydroxyl groups is 1. The second kappa shape index (κ2) is 3.15. The van der Waals surface area contributed by atoms with Crippen LogP contribution in [0.1, 0.15) is 20.8 Å². The van der Waals surface area contributed by atoms with Gasteiger partial charge in [0.25, 0.3) is 0 Å². The average molecular weight is 132 g/mol. The van der Waals surface area contributed by atoms with Gasteiger partial charge in [0.05, 0.1) is 0 Å². The van der Waals surface area contributed by atoms with Crippen molar-refractivity contribution in [1.29, 1.82) is 0 Å². The van der Waals surface area contributed by atoms with Gasteiger partial charge in [-0.1, -0.05) is 13.8 Å². The van der Waals surface area contributed by atoms with Gasteiger partial charge in [0, 0.05) is 0 Å². The van der Waals surface area contributed by atoms with Crippen LogP contribution >= 0.6 is 0 Å². The number of nitrogens with zero attached hydrogens (tertiary/aromatic N) is 1. The van der Waals surface area contributed by atoms with Gasteiger partial charge < -0.3 is 5.11 Å². The van der Waals surface area contributed by atoms with Crippen molar-refractivity contribution in [2.75, 3.05) is 13.1 Å². The van der Waals surface area contributed by atoms with Crippen LogP contribution in [-0.2, 0) is 0 Å². The molecule has 0 radical (unpaired) electrons. The molecule has 1 unspecified atom stereocenters. The van der Waals surface area contributed by atoms with Crippen molar-refractivity contribution in [3.8, 4) is 0 Å². The maximum atomic E-state index is 9.18. The molecule has 3 heteroatoms. The smallest absolute Gasteiger partial charge is 0.168 e. The van der Waals surface area contributed by atoms with Gasteiger partial charge >= 0.3 is 0 Å². The Morgan fingerprint density at radius 1 is 1.44 bits per heavy atom. The highest BCUT2D eigenvalue weighted by atomic mass is 16.3. The van der Waals surface area contributed by atoms with Gasteiger partial charge in [-0.2, -0.15) is 0 Å². The van der Waals surface area contributed by atoms with Gasteiger partial charge in [0.2, 0.25) is 0 Å². The van der Waals surface area contributed by atoms with Crippen molar-refractivity contribution in [3.05, 3.63) is 0 Å². The largest absolute Gasteiger partial charge is 0.363 e. The highest BCUT2D eigenvalue weighted by Crippen LogP contribution is 2.00. The molecule has 3 nitrogen and oxygen atoms in total. The molecule has 0 aliphatic rings. The van der Waals surface area contributed by atoms with E-state index in [0.29, 0.717) is 0 Å². The molecule has 0 amide bonds. The Balaban J connectivity index is 3.79.